The maximum Gasteiger partial charge on any atom is 0.273 e. The summed E-state index contributed by atoms with van der Waals surface area (Å²) in [5.74, 6) is 1.36. The summed E-state index contributed by atoms with van der Waals surface area (Å²) in [5.41, 5.74) is 3.16. The van der Waals surface area contributed by atoms with Gasteiger partial charge in [0.25, 0.3) is 11.6 Å². The van der Waals surface area contributed by atoms with Crippen LogP contribution in [-0.4, -0.2) is 35.5 Å². The quantitative estimate of drug-likeness (QED) is 0.551. The molecule has 0 saturated heterocycles. The van der Waals surface area contributed by atoms with E-state index in [9.17, 15) is 14.9 Å². The fourth-order valence-electron chi connectivity index (χ4n) is 5.21. The summed E-state index contributed by atoms with van der Waals surface area (Å²) in [6, 6.07) is 8.87. The van der Waals surface area contributed by atoms with Crippen LogP contribution in [0.3, 0.4) is 0 Å². The third-order valence-electron chi connectivity index (χ3n) is 6.69. The molecule has 7 nitrogen and oxygen atoms in total. The average molecular weight is 408 g/mol. The Morgan fingerprint density at radius 2 is 1.80 bits per heavy atom. The Hall–Kier alpha value is -3.09. The predicted molar refractivity (Wildman–Crippen MR) is 110 cm³/mol. The molecule has 0 unspecified atom stereocenters. The second-order valence-corrected chi connectivity index (χ2v) is 8.56. The molecule has 1 fully saturated rings. The zero-order valence-electron chi connectivity index (χ0n) is 17.0. The van der Waals surface area contributed by atoms with Crippen molar-refractivity contribution in [2.45, 2.75) is 44.6 Å². The molecule has 7 heteroatoms. The van der Waals surface area contributed by atoms with Crippen LogP contribution in [0.4, 0.5) is 5.69 Å². The number of carbonyl (C=O) groups excluding carboxylic acids is 1. The van der Waals surface area contributed by atoms with Gasteiger partial charge >= 0.3 is 0 Å². The van der Waals surface area contributed by atoms with Crippen molar-refractivity contribution in [1.29, 1.82) is 0 Å². The van der Waals surface area contributed by atoms with Crippen molar-refractivity contribution in [3.63, 3.8) is 0 Å². The van der Waals surface area contributed by atoms with Crippen LogP contribution in [0.5, 0.6) is 11.5 Å². The first kappa shape index (κ1) is 18.9. The molecule has 2 aliphatic heterocycles. The third-order valence-corrected chi connectivity index (χ3v) is 6.69. The molecule has 1 aliphatic carbocycles. The third kappa shape index (κ3) is 3.00. The predicted octanol–water partition coefficient (Wildman–Crippen LogP) is 4.14. The first-order chi connectivity index (χ1) is 14.5. The Balaban J connectivity index is 1.53. The molecule has 1 spiro atoms. The van der Waals surface area contributed by atoms with Gasteiger partial charge in [-0.25, -0.2) is 0 Å². The maximum atomic E-state index is 13.4. The number of benzene rings is 2. The monoisotopic (exact) mass is 408 g/mol. The van der Waals surface area contributed by atoms with Gasteiger partial charge in [-0.3, -0.25) is 14.9 Å². The molecule has 5 rings (SSSR count). The molecular formula is C23H24N2O5. The molecule has 0 bridgehead atoms. The number of hydrogen-bond acceptors (Lipinski definition) is 5. The zero-order valence-corrected chi connectivity index (χ0v) is 17.0. The van der Waals surface area contributed by atoms with Crippen LogP contribution in [0, 0.1) is 17.0 Å². The van der Waals surface area contributed by atoms with Gasteiger partial charge in [0.15, 0.2) is 11.5 Å². The number of nitrogens with zero attached hydrogens (tertiary/aromatic N) is 2. The van der Waals surface area contributed by atoms with Gasteiger partial charge in [-0.05, 0) is 49.1 Å². The molecule has 0 N–H and O–H groups in total. The minimum atomic E-state index is -0.431. The lowest BCUT2D eigenvalue weighted by atomic mass is 9.73. The van der Waals surface area contributed by atoms with E-state index in [0.717, 1.165) is 42.7 Å². The van der Waals surface area contributed by atoms with E-state index in [1.807, 2.05) is 11.0 Å². The Bertz CT molecular complexity index is 1040. The molecule has 0 atom stereocenters. The normalized spacial score (nSPS) is 18.9. The van der Waals surface area contributed by atoms with Crippen molar-refractivity contribution in [3.05, 3.63) is 62.7 Å². The fraction of sp³-hybridized carbons (Fsp3) is 0.435. The van der Waals surface area contributed by atoms with E-state index in [-0.39, 0.29) is 17.0 Å². The number of nitro benzene ring substituents is 1. The Morgan fingerprint density at radius 3 is 2.50 bits per heavy atom. The number of ether oxygens (including phenoxy) is 2. The average Bonchev–Trinajstić information content (AvgIpc) is 3.21. The number of carbonyl (C=O) groups is 1. The van der Waals surface area contributed by atoms with Gasteiger partial charge < -0.3 is 14.4 Å². The summed E-state index contributed by atoms with van der Waals surface area (Å²) in [6.07, 6.45) is 4.31. The van der Waals surface area contributed by atoms with Crippen LogP contribution >= 0.6 is 0 Å². The first-order valence-corrected chi connectivity index (χ1v) is 10.4. The van der Waals surface area contributed by atoms with Crippen LogP contribution in [0.25, 0.3) is 0 Å². The Kier molecular flexibility index (Phi) is 4.41. The van der Waals surface area contributed by atoms with E-state index in [1.165, 1.54) is 11.6 Å². The van der Waals surface area contributed by atoms with Crippen molar-refractivity contribution in [2.24, 2.45) is 0 Å². The second-order valence-electron chi connectivity index (χ2n) is 8.56. The van der Waals surface area contributed by atoms with Crippen molar-refractivity contribution in [1.82, 2.24) is 4.90 Å². The van der Waals surface area contributed by atoms with Crippen LogP contribution < -0.4 is 9.47 Å². The van der Waals surface area contributed by atoms with Gasteiger partial charge in [0.2, 0.25) is 0 Å². The molecule has 0 aromatic heterocycles. The fourth-order valence-corrected chi connectivity index (χ4v) is 5.21. The summed E-state index contributed by atoms with van der Waals surface area (Å²) in [6.45, 7) is 3.85. The highest BCUT2D eigenvalue weighted by Crippen LogP contribution is 2.49. The maximum absolute atomic E-state index is 13.4. The van der Waals surface area contributed by atoms with Crippen molar-refractivity contribution in [3.8, 4) is 11.5 Å². The molecule has 30 heavy (non-hydrogen) atoms. The van der Waals surface area contributed by atoms with Crippen LogP contribution in [0.1, 0.15) is 52.7 Å². The summed E-state index contributed by atoms with van der Waals surface area (Å²) in [7, 11) is 0. The first-order valence-electron chi connectivity index (χ1n) is 10.4. The van der Waals surface area contributed by atoms with Crippen LogP contribution in [0.15, 0.2) is 30.3 Å². The summed E-state index contributed by atoms with van der Waals surface area (Å²) >= 11 is 0. The number of amides is 1. The molecule has 3 aliphatic rings. The van der Waals surface area contributed by atoms with E-state index in [0.29, 0.717) is 37.4 Å². The Morgan fingerprint density at radius 1 is 1.10 bits per heavy atom. The van der Waals surface area contributed by atoms with Crippen LogP contribution in [-0.2, 0) is 12.0 Å². The number of rotatable bonds is 2. The smallest absolute Gasteiger partial charge is 0.273 e. The highest BCUT2D eigenvalue weighted by Gasteiger charge is 2.44. The number of fused-ring (bicyclic) bond motifs is 3. The minimum Gasteiger partial charge on any atom is -0.486 e. The SMILES string of the molecule is Cc1ccc(C(=O)N2Cc3cc4c(cc3C3(CCCC3)C2)OCCO4)cc1[N+](=O)[O-]. The van der Waals surface area contributed by atoms with E-state index < -0.39 is 4.92 Å². The molecule has 0 radical (unpaired) electrons. The van der Waals surface area contributed by atoms with Gasteiger partial charge in [0.05, 0.1) is 4.92 Å². The van der Waals surface area contributed by atoms with Crippen molar-refractivity contribution < 1.29 is 19.2 Å². The van der Waals surface area contributed by atoms with Crippen molar-refractivity contribution in [2.75, 3.05) is 19.8 Å². The van der Waals surface area contributed by atoms with Gasteiger partial charge in [-0.2, -0.15) is 0 Å². The van der Waals surface area contributed by atoms with Gasteiger partial charge in [-0.15, -0.1) is 0 Å². The second kappa shape index (κ2) is 7.00. The molecule has 2 heterocycles. The molecule has 1 amide bonds. The van der Waals surface area contributed by atoms with Crippen molar-refractivity contribution >= 4 is 11.6 Å². The summed E-state index contributed by atoms with van der Waals surface area (Å²) in [4.78, 5) is 26.1. The molecule has 2 aromatic rings. The van der Waals surface area contributed by atoms with E-state index in [4.69, 9.17) is 9.47 Å². The highest BCUT2D eigenvalue weighted by molar-refractivity contribution is 5.95. The Labute approximate surface area is 174 Å². The summed E-state index contributed by atoms with van der Waals surface area (Å²) < 4.78 is 11.6. The zero-order chi connectivity index (χ0) is 20.9. The largest absolute Gasteiger partial charge is 0.486 e. The number of hydrogen-bond donors (Lipinski definition) is 0. The van der Waals surface area contributed by atoms with Gasteiger partial charge in [0.1, 0.15) is 13.2 Å². The lowest BCUT2D eigenvalue weighted by Crippen LogP contribution is -2.46. The molecule has 2 aromatic carbocycles. The molecule has 156 valence electrons. The van der Waals surface area contributed by atoms with Crippen LogP contribution in [0.2, 0.25) is 0 Å². The van der Waals surface area contributed by atoms with E-state index in [1.54, 1.807) is 19.1 Å². The standard InChI is InChI=1S/C23H24N2O5/c1-15-4-5-16(10-19(15)25(27)28)22(26)24-13-17-11-20-21(30-9-8-29-20)12-18(17)23(14-24)6-2-3-7-23/h4-5,10-12H,2-3,6-9,13-14H2,1H3. The molecular weight excluding hydrogens is 384 g/mol. The van der Waals surface area contributed by atoms with E-state index in [2.05, 4.69) is 6.07 Å². The molecule has 1 saturated carbocycles. The number of aryl methyl sites for hydroxylation is 1. The number of nitro groups is 1. The minimum absolute atomic E-state index is 0.0199. The lowest BCUT2D eigenvalue weighted by molar-refractivity contribution is -0.385. The summed E-state index contributed by atoms with van der Waals surface area (Å²) in [5, 5.41) is 11.3. The van der Waals surface area contributed by atoms with E-state index >= 15 is 0 Å². The van der Waals surface area contributed by atoms with Gasteiger partial charge in [-0.1, -0.05) is 18.9 Å². The highest BCUT2D eigenvalue weighted by atomic mass is 16.6. The van der Waals surface area contributed by atoms with Gasteiger partial charge in [0, 0.05) is 35.7 Å². The topological polar surface area (TPSA) is 81.9 Å². The lowest BCUT2D eigenvalue weighted by Gasteiger charge is -2.43.